The fraction of sp³-hybridized carbons (Fsp3) is 0. The van der Waals surface area contributed by atoms with Gasteiger partial charge in [0.2, 0.25) is 0 Å². The van der Waals surface area contributed by atoms with Crippen LogP contribution in [0.25, 0.3) is 0 Å². The Bertz CT molecular complexity index is 680. The molecule has 0 unspecified atom stereocenters. The zero-order chi connectivity index (χ0) is 13.2. The van der Waals surface area contributed by atoms with Gasteiger partial charge in [-0.15, -0.1) is 0 Å². The molecule has 0 aliphatic heterocycles. The Morgan fingerprint density at radius 3 is 2.56 bits per heavy atom. The average molecular weight is 289 g/mol. The molecule has 18 heavy (non-hydrogen) atoms. The lowest BCUT2D eigenvalue weighted by molar-refractivity contribution is 0.592. The van der Waals surface area contributed by atoms with Crippen molar-refractivity contribution in [1.82, 2.24) is 15.0 Å². The summed E-state index contributed by atoms with van der Waals surface area (Å²) in [6, 6.07) is 0.841. The Morgan fingerprint density at radius 1 is 1.17 bits per heavy atom. The topological polar surface area (TPSA) is 84.8 Å². The first-order chi connectivity index (χ1) is 8.47. The molecule has 2 aromatic rings. The van der Waals surface area contributed by atoms with Gasteiger partial charge in [0.25, 0.3) is 10.0 Å². The summed E-state index contributed by atoms with van der Waals surface area (Å²) in [5, 5.41) is 0.0348. The van der Waals surface area contributed by atoms with E-state index in [0.29, 0.717) is 0 Å². The van der Waals surface area contributed by atoms with E-state index in [1.165, 1.54) is 12.4 Å². The molecular weight excluding hydrogens is 283 g/mol. The molecule has 0 bridgehead atoms. The molecular formula is C9H6ClFN4O2S. The summed E-state index contributed by atoms with van der Waals surface area (Å²) < 4.78 is 38.7. The van der Waals surface area contributed by atoms with Crippen molar-refractivity contribution in [3.63, 3.8) is 0 Å². The van der Waals surface area contributed by atoms with Crippen molar-refractivity contribution in [2.75, 3.05) is 4.72 Å². The van der Waals surface area contributed by atoms with Crippen LogP contribution >= 0.6 is 11.6 Å². The highest BCUT2D eigenvalue weighted by Crippen LogP contribution is 2.14. The minimum Gasteiger partial charge on any atom is -0.262 e. The number of sulfonamides is 1. The Balaban J connectivity index is 2.33. The van der Waals surface area contributed by atoms with Gasteiger partial charge in [-0.3, -0.25) is 14.7 Å². The Morgan fingerprint density at radius 2 is 1.89 bits per heavy atom. The Kier molecular flexibility index (Phi) is 3.39. The number of hydrogen-bond donors (Lipinski definition) is 1. The van der Waals surface area contributed by atoms with Crippen molar-refractivity contribution in [2.24, 2.45) is 0 Å². The van der Waals surface area contributed by atoms with Gasteiger partial charge in [0, 0.05) is 6.20 Å². The smallest absolute Gasteiger partial charge is 0.262 e. The number of rotatable bonds is 3. The van der Waals surface area contributed by atoms with Gasteiger partial charge < -0.3 is 0 Å². The molecule has 9 heteroatoms. The third-order valence-corrected chi connectivity index (χ3v) is 3.34. The summed E-state index contributed by atoms with van der Waals surface area (Å²) in [4.78, 5) is 10.5. The summed E-state index contributed by atoms with van der Waals surface area (Å²) in [7, 11) is -3.97. The van der Waals surface area contributed by atoms with Gasteiger partial charge in [0.15, 0.2) is 5.82 Å². The standard InChI is InChI=1S/C9H6ClFN4O2S/c10-8-4-13-5-9(14-8)15-18(16,17)7-1-6(11)2-12-3-7/h1-5H,(H,14,15). The zero-order valence-electron chi connectivity index (χ0n) is 8.71. The van der Waals surface area contributed by atoms with Gasteiger partial charge in [-0.1, -0.05) is 11.6 Å². The van der Waals surface area contributed by atoms with Crippen molar-refractivity contribution < 1.29 is 12.8 Å². The number of aromatic nitrogens is 3. The quantitative estimate of drug-likeness (QED) is 0.924. The second-order valence-electron chi connectivity index (χ2n) is 3.17. The molecule has 0 aliphatic rings. The normalized spacial score (nSPS) is 11.2. The molecule has 0 fully saturated rings. The summed E-state index contributed by atoms with van der Waals surface area (Å²) in [6.45, 7) is 0. The maximum absolute atomic E-state index is 12.9. The molecule has 2 rings (SSSR count). The first kappa shape index (κ1) is 12.7. The van der Waals surface area contributed by atoms with Crippen LogP contribution in [-0.4, -0.2) is 23.4 Å². The number of hydrogen-bond acceptors (Lipinski definition) is 5. The van der Waals surface area contributed by atoms with E-state index >= 15 is 0 Å². The van der Waals surface area contributed by atoms with E-state index in [0.717, 1.165) is 18.5 Å². The van der Waals surface area contributed by atoms with Crippen molar-refractivity contribution in [3.05, 3.63) is 41.8 Å². The van der Waals surface area contributed by atoms with Crippen LogP contribution in [0.15, 0.2) is 35.7 Å². The molecule has 0 amide bonds. The molecule has 0 atom stereocenters. The van der Waals surface area contributed by atoms with Gasteiger partial charge >= 0.3 is 0 Å². The highest BCUT2D eigenvalue weighted by atomic mass is 35.5. The molecule has 2 heterocycles. The van der Waals surface area contributed by atoms with Crippen LogP contribution in [-0.2, 0) is 10.0 Å². The second kappa shape index (κ2) is 4.83. The van der Waals surface area contributed by atoms with Gasteiger partial charge in [-0.2, -0.15) is 0 Å². The largest absolute Gasteiger partial charge is 0.264 e. The van der Waals surface area contributed by atoms with Gasteiger partial charge in [-0.05, 0) is 6.07 Å². The molecule has 0 spiro atoms. The Labute approximate surface area is 107 Å². The molecule has 0 aliphatic carbocycles. The zero-order valence-corrected chi connectivity index (χ0v) is 10.3. The fourth-order valence-corrected chi connectivity index (χ4v) is 2.23. The minimum absolute atomic E-state index is 0.0348. The molecule has 1 N–H and O–H groups in total. The first-order valence-corrected chi connectivity index (χ1v) is 6.44. The summed E-state index contributed by atoms with van der Waals surface area (Å²) in [5.74, 6) is -0.818. The Hall–Kier alpha value is -1.80. The van der Waals surface area contributed by atoms with Crippen molar-refractivity contribution in [1.29, 1.82) is 0 Å². The summed E-state index contributed by atoms with van der Waals surface area (Å²) in [6.07, 6.45) is 4.35. The monoisotopic (exact) mass is 288 g/mol. The van der Waals surface area contributed by atoms with Crippen molar-refractivity contribution in [2.45, 2.75) is 4.90 Å². The predicted molar refractivity (Wildman–Crippen MR) is 62.0 cm³/mol. The van der Waals surface area contributed by atoms with Crippen LogP contribution in [0, 0.1) is 5.82 Å². The van der Waals surface area contributed by atoms with Gasteiger partial charge in [0.1, 0.15) is 15.9 Å². The lowest BCUT2D eigenvalue weighted by atomic mass is 10.5. The van der Waals surface area contributed by atoms with Gasteiger partial charge in [0.05, 0.1) is 18.6 Å². The van der Waals surface area contributed by atoms with E-state index in [1.54, 1.807) is 0 Å². The molecule has 0 radical (unpaired) electrons. The van der Waals surface area contributed by atoms with Crippen molar-refractivity contribution in [3.8, 4) is 0 Å². The molecule has 6 nitrogen and oxygen atoms in total. The SMILES string of the molecule is O=S(=O)(Nc1cncc(Cl)n1)c1cncc(F)c1. The van der Waals surface area contributed by atoms with Crippen molar-refractivity contribution >= 4 is 27.4 Å². The minimum atomic E-state index is -3.97. The van der Waals surface area contributed by atoms with Crippen LogP contribution in [0.3, 0.4) is 0 Å². The fourth-order valence-electron chi connectivity index (χ4n) is 1.13. The van der Waals surface area contributed by atoms with Crippen LogP contribution in [0.1, 0.15) is 0 Å². The lowest BCUT2D eigenvalue weighted by Crippen LogP contribution is -2.14. The number of pyridine rings is 1. The predicted octanol–water partition coefficient (Wildman–Crippen LogP) is 1.46. The van der Waals surface area contributed by atoms with E-state index in [2.05, 4.69) is 19.7 Å². The van der Waals surface area contributed by atoms with Crippen LogP contribution in [0.4, 0.5) is 10.2 Å². The van der Waals surface area contributed by atoms with E-state index in [9.17, 15) is 12.8 Å². The second-order valence-corrected chi connectivity index (χ2v) is 5.24. The highest BCUT2D eigenvalue weighted by molar-refractivity contribution is 7.92. The lowest BCUT2D eigenvalue weighted by Gasteiger charge is -2.06. The molecule has 0 saturated carbocycles. The van der Waals surface area contributed by atoms with E-state index in [4.69, 9.17) is 11.6 Å². The number of halogens is 2. The van der Waals surface area contributed by atoms with Crippen LogP contribution < -0.4 is 4.72 Å². The number of nitrogens with one attached hydrogen (secondary N) is 1. The average Bonchev–Trinajstić information content (AvgIpc) is 2.28. The summed E-state index contributed by atoms with van der Waals surface area (Å²) >= 11 is 5.56. The molecule has 0 aromatic carbocycles. The molecule has 94 valence electrons. The highest BCUT2D eigenvalue weighted by Gasteiger charge is 2.16. The maximum Gasteiger partial charge on any atom is 0.264 e. The van der Waals surface area contributed by atoms with E-state index in [-0.39, 0.29) is 15.9 Å². The van der Waals surface area contributed by atoms with Crippen LogP contribution in [0.5, 0.6) is 0 Å². The maximum atomic E-state index is 12.9. The van der Waals surface area contributed by atoms with Crippen LogP contribution in [0.2, 0.25) is 5.15 Å². The van der Waals surface area contributed by atoms with E-state index < -0.39 is 15.8 Å². The van der Waals surface area contributed by atoms with E-state index in [1.807, 2.05) is 0 Å². The van der Waals surface area contributed by atoms with Gasteiger partial charge in [-0.25, -0.2) is 17.8 Å². The molecule has 2 aromatic heterocycles. The number of nitrogens with zero attached hydrogens (tertiary/aromatic N) is 3. The molecule has 0 saturated heterocycles. The third kappa shape index (κ3) is 2.90. The first-order valence-electron chi connectivity index (χ1n) is 4.58. The summed E-state index contributed by atoms with van der Waals surface area (Å²) in [5.41, 5.74) is 0. The number of anilines is 1. The third-order valence-electron chi connectivity index (χ3n) is 1.83.